The first-order valence-corrected chi connectivity index (χ1v) is 13.8. The van der Waals surface area contributed by atoms with E-state index < -0.39 is 17.7 Å². The number of nitrogens with zero attached hydrogens (tertiary/aromatic N) is 1. The summed E-state index contributed by atoms with van der Waals surface area (Å²) in [7, 11) is 0. The summed E-state index contributed by atoms with van der Waals surface area (Å²) in [5.74, 6) is -0.216. The molecule has 2 N–H and O–H groups in total. The Morgan fingerprint density at radius 2 is 1.62 bits per heavy atom. The largest absolute Gasteiger partial charge is 0.459 e. The second-order valence-electron chi connectivity index (χ2n) is 11.3. The van der Waals surface area contributed by atoms with Crippen LogP contribution in [0.1, 0.15) is 65.0 Å². The van der Waals surface area contributed by atoms with Gasteiger partial charge in [-0.2, -0.15) is 0 Å². The van der Waals surface area contributed by atoms with Crippen molar-refractivity contribution in [1.82, 2.24) is 15.5 Å². The minimum Gasteiger partial charge on any atom is -0.459 e. The minimum atomic E-state index is -0.636. The van der Waals surface area contributed by atoms with Crippen LogP contribution in [-0.2, 0) is 32.2 Å². The summed E-state index contributed by atoms with van der Waals surface area (Å²) in [4.78, 5) is 40.2. The molecule has 0 spiro atoms. The van der Waals surface area contributed by atoms with Gasteiger partial charge in [0.1, 0.15) is 18.2 Å². The van der Waals surface area contributed by atoms with Gasteiger partial charge in [0.05, 0.1) is 0 Å². The molecule has 2 amide bonds. The highest BCUT2D eigenvalue weighted by atomic mass is 16.6. The molecule has 1 unspecified atom stereocenters. The number of benzene rings is 2. The van der Waals surface area contributed by atoms with Gasteiger partial charge in [-0.1, -0.05) is 74.0 Å². The summed E-state index contributed by atoms with van der Waals surface area (Å²) < 4.78 is 11.4. The van der Waals surface area contributed by atoms with E-state index in [0.29, 0.717) is 25.9 Å². The molecule has 1 aliphatic heterocycles. The van der Waals surface area contributed by atoms with Crippen LogP contribution in [0.15, 0.2) is 60.7 Å². The van der Waals surface area contributed by atoms with Gasteiger partial charge >= 0.3 is 12.1 Å². The Bertz CT molecular complexity index is 1070. The maximum Gasteiger partial charge on any atom is 0.407 e. The first kappa shape index (κ1) is 30.2. The zero-order valence-electron chi connectivity index (χ0n) is 23.8. The van der Waals surface area contributed by atoms with Crippen molar-refractivity contribution in [2.45, 2.75) is 90.8 Å². The number of likely N-dealkylation sites (tertiary alicyclic amines) is 1. The lowest BCUT2D eigenvalue weighted by Crippen LogP contribution is -2.48. The molecule has 1 fully saturated rings. The fraction of sp³-hybridized carbons (Fsp3) is 0.516. The second kappa shape index (κ2) is 14.1. The fourth-order valence-corrected chi connectivity index (χ4v) is 5.01. The number of esters is 1. The van der Waals surface area contributed by atoms with Crippen molar-refractivity contribution in [3.8, 4) is 0 Å². The van der Waals surface area contributed by atoms with E-state index >= 15 is 0 Å². The number of carbonyl (C=O) groups is 3. The number of hydrogen-bond donors (Lipinski definition) is 2. The van der Waals surface area contributed by atoms with Crippen molar-refractivity contribution in [3.05, 3.63) is 71.8 Å². The van der Waals surface area contributed by atoms with E-state index in [2.05, 4.69) is 22.5 Å². The van der Waals surface area contributed by atoms with Gasteiger partial charge in [-0.05, 0) is 50.7 Å². The van der Waals surface area contributed by atoms with Gasteiger partial charge in [0.15, 0.2) is 0 Å². The molecule has 2 aromatic carbocycles. The van der Waals surface area contributed by atoms with Crippen LogP contribution in [0.2, 0.25) is 0 Å². The second-order valence-corrected chi connectivity index (χ2v) is 11.3. The molecule has 0 saturated carbocycles. The van der Waals surface area contributed by atoms with Crippen molar-refractivity contribution in [2.75, 3.05) is 6.54 Å². The molecule has 1 aliphatic rings. The van der Waals surface area contributed by atoms with Crippen LogP contribution in [0.3, 0.4) is 0 Å². The van der Waals surface area contributed by atoms with E-state index in [0.717, 1.165) is 17.5 Å². The molecule has 1 saturated heterocycles. The summed E-state index contributed by atoms with van der Waals surface area (Å²) in [6.45, 7) is 10.4. The van der Waals surface area contributed by atoms with Gasteiger partial charge in [-0.25, -0.2) is 4.79 Å². The molecular formula is C31H43N3O5. The third-order valence-corrected chi connectivity index (χ3v) is 6.96. The van der Waals surface area contributed by atoms with Gasteiger partial charge in [-0.3, -0.25) is 14.5 Å². The van der Waals surface area contributed by atoms with E-state index in [9.17, 15) is 14.4 Å². The van der Waals surface area contributed by atoms with Crippen LogP contribution in [0.5, 0.6) is 0 Å². The predicted molar refractivity (Wildman–Crippen MR) is 151 cm³/mol. The highest BCUT2D eigenvalue weighted by Gasteiger charge is 2.47. The fourth-order valence-electron chi connectivity index (χ4n) is 5.01. The Morgan fingerprint density at radius 1 is 1.00 bits per heavy atom. The van der Waals surface area contributed by atoms with Crippen molar-refractivity contribution in [3.63, 3.8) is 0 Å². The highest BCUT2D eigenvalue weighted by molar-refractivity contribution is 5.77. The van der Waals surface area contributed by atoms with Crippen LogP contribution in [-0.4, -0.2) is 53.1 Å². The third kappa shape index (κ3) is 9.70. The molecule has 0 bridgehead atoms. The monoisotopic (exact) mass is 537 g/mol. The van der Waals surface area contributed by atoms with Crippen LogP contribution in [0.25, 0.3) is 0 Å². The number of nitrogens with one attached hydrogen (secondary N) is 2. The van der Waals surface area contributed by atoms with E-state index in [1.165, 1.54) is 6.92 Å². The molecule has 212 valence electrons. The number of ether oxygens (including phenoxy) is 2. The van der Waals surface area contributed by atoms with Crippen LogP contribution in [0, 0.1) is 5.92 Å². The summed E-state index contributed by atoms with van der Waals surface area (Å²) >= 11 is 0. The molecule has 8 heteroatoms. The molecule has 8 nitrogen and oxygen atoms in total. The van der Waals surface area contributed by atoms with E-state index in [1.807, 2.05) is 81.4 Å². The van der Waals surface area contributed by atoms with E-state index in [1.54, 1.807) is 0 Å². The van der Waals surface area contributed by atoms with Gasteiger partial charge < -0.3 is 20.1 Å². The number of rotatable bonds is 11. The molecule has 4 atom stereocenters. The Morgan fingerprint density at radius 3 is 2.18 bits per heavy atom. The topological polar surface area (TPSA) is 97.0 Å². The average molecular weight is 538 g/mol. The lowest BCUT2D eigenvalue weighted by molar-refractivity contribution is -0.161. The van der Waals surface area contributed by atoms with Crippen molar-refractivity contribution >= 4 is 18.0 Å². The van der Waals surface area contributed by atoms with Gasteiger partial charge in [-0.15, -0.1) is 0 Å². The average Bonchev–Trinajstić information content (AvgIpc) is 3.21. The van der Waals surface area contributed by atoms with Crippen molar-refractivity contribution < 1.29 is 23.9 Å². The normalized spacial score (nSPS) is 20.2. The predicted octanol–water partition coefficient (Wildman–Crippen LogP) is 4.82. The molecule has 0 radical (unpaired) electrons. The number of amides is 2. The number of carbonyl (C=O) groups excluding carboxylic acids is 3. The summed E-state index contributed by atoms with van der Waals surface area (Å²) in [6.07, 6.45) is 1.42. The first-order chi connectivity index (χ1) is 18.6. The lowest BCUT2D eigenvalue weighted by atomic mass is 9.93. The smallest absolute Gasteiger partial charge is 0.407 e. The van der Waals surface area contributed by atoms with E-state index in [4.69, 9.17) is 9.47 Å². The van der Waals surface area contributed by atoms with Gasteiger partial charge in [0.25, 0.3) is 0 Å². The van der Waals surface area contributed by atoms with Crippen molar-refractivity contribution in [2.24, 2.45) is 5.92 Å². The third-order valence-electron chi connectivity index (χ3n) is 6.96. The SMILES string of the molecule is CCC(CNC(C)=O)C[C@H]1[C@H](NC(=O)OCc2ccccc2)C[C@H](C(=O)OC(C)(C)C)N1Cc1ccccc1. The van der Waals surface area contributed by atoms with Gasteiger partial charge in [0, 0.05) is 32.1 Å². The number of alkyl carbamates (subject to hydrolysis) is 1. The molecule has 39 heavy (non-hydrogen) atoms. The maximum atomic E-state index is 13.5. The minimum absolute atomic E-state index is 0.0770. The molecule has 0 aromatic heterocycles. The van der Waals surface area contributed by atoms with Crippen LogP contribution < -0.4 is 10.6 Å². The first-order valence-electron chi connectivity index (χ1n) is 13.8. The van der Waals surface area contributed by atoms with Crippen LogP contribution >= 0.6 is 0 Å². The molecule has 2 aromatic rings. The molecule has 0 aliphatic carbocycles. The quantitative estimate of drug-likeness (QED) is 0.399. The summed E-state index contributed by atoms with van der Waals surface area (Å²) in [5.41, 5.74) is 1.33. The van der Waals surface area contributed by atoms with E-state index in [-0.39, 0.29) is 36.5 Å². The van der Waals surface area contributed by atoms with Crippen LogP contribution in [0.4, 0.5) is 4.79 Å². The standard InChI is InChI=1S/C31H43N3O5/c1-6-23(19-32-22(2)35)17-27-26(33-30(37)38-21-25-15-11-8-12-16-25)18-28(29(36)39-31(3,4)5)34(27)20-24-13-9-7-10-14-24/h7-16,23,26-28H,6,17-21H2,1-5H3,(H,32,35)(H,33,37)/t23?,26-,27+,28-/m1/s1. The lowest BCUT2D eigenvalue weighted by Gasteiger charge is -2.34. The molecule has 1 heterocycles. The Labute approximate surface area is 232 Å². The van der Waals surface area contributed by atoms with Crippen molar-refractivity contribution in [1.29, 1.82) is 0 Å². The summed E-state index contributed by atoms with van der Waals surface area (Å²) in [5, 5.41) is 5.99. The Kier molecular flexibility index (Phi) is 10.9. The maximum absolute atomic E-state index is 13.5. The summed E-state index contributed by atoms with van der Waals surface area (Å²) in [6, 6.07) is 18.5. The zero-order valence-corrected chi connectivity index (χ0v) is 23.8. The Balaban J connectivity index is 1.86. The number of hydrogen-bond acceptors (Lipinski definition) is 6. The van der Waals surface area contributed by atoms with Gasteiger partial charge in [0.2, 0.25) is 5.91 Å². The Hall–Kier alpha value is -3.39. The highest BCUT2D eigenvalue weighted by Crippen LogP contribution is 2.33. The molecular weight excluding hydrogens is 494 g/mol. The zero-order chi connectivity index (χ0) is 28.4. The molecule has 3 rings (SSSR count).